The number of ether oxygens (including phenoxy) is 1. The molecule has 0 unspecified atom stereocenters. The first kappa shape index (κ1) is 18.2. The molecule has 0 aliphatic heterocycles. The molecule has 0 bridgehead atoms. The minimum Gasteiger partial charge on any atom is -0.450 e. The van der Waals surface area contributed by atoms with Crippen molar-refractivity contribution >= 4 is 23.4 Å². The molecule has 136 valence electrons. The number of nitrogens with one attached hydrogen (secondary N) is 2. The van der Waals surface area contributed by atoms with E-state index in [1.165, 1.54) is 0 Å². The molecule has 0 aromatic heterocycles. The normalized spacial score (nSPS) is 10.1. The molecule has 0 atom stereocenters. The summed E-state index contributed by atoms with van der Waals surface area (Å²) in [6.45, 7) is 2.01. The van der Waals surface area contributed by atoms with Gasteiger partial charge in [-0.25, -0.2) is 4.79 Å². The monoisotopic (exact) mass is 360 g/mol. The third-order valence-electron chi connectivity index (χ3n) is 3.90. The zero-order valence-corrected chi connectivity index (χ0v) is 14.9. The highest BCUT2D eigenvalue weighted by Crippen LogP contribution is 2.21. The topological polar surface area (TPSA) is 67.4 Å². The van der Waals surface area contributed by atoms with Crippen LogP contribution in [0.15, 0.2) is 78.9 Å². The molecule has 0 fully saturated rings. The number of anilines is 2. The minimum absolute atomic E-state index is 0.255. The van der Waals surface area contributed by atoms with E-state index in [1.54, 1.807) is 31.2 Å². The van der Waals surface area contributed by atoms with Crippen molar-refractivity contribution in [3.05, 3.63) is 84.4 Å². The summed E-state index contributed by atoms with van der Waals surface area (Å²) >= 11 is 0. The lowest BCUT2D eigenvalue weighted by Crippen LogP contribution is -2.15. The van der Waals surface area contributed by atoms with Crippen LogP contribution in [0.25, 0.3) is 11.1 Å². The maximum atomic E-state index is 12.5. The molecule has 0 radical (unpaired) electrons. The molecular formula is C22H20N2O3. The Labute approximate surface area is 158 Å². The molecule has 5 heteroatoms. The quantitative estimate of drug-likeness (QED) is 0.659. The first-order chi connectivity index (χ1) is 13.2. The van der Waals surface area contributed by atoms with Crippen molar-refractivity contribution in [2.45, 2.75) is 6.92 Å². The fourth-order valence-electron chi connectivity index (χ4n) is 2.60. The van der Waals surface area contributed by atoms with E-state index in [0.29, 0.717) is 16.9 Å². The Balaban J connectivity index is 1.67. The SMILES string of the molecule is CCOC(=O)Nc1cccc(C(=O)Nc2ccc(-c3ccccc3)cc2)c1. The van der Waals surface area contributed by atoms with Gasteiger partial charge < -0.3 is 10.1 Å². The predicted molar refractivity (Wildman–Crippen MR) is 107 cm³/mol. The summed E-state index contributed by atoms with van der Waals surface area (Å²) in [4.78, 5) is 24.0. The minimum atomic E-state index is -0.549. The van der Waals surface area contributed by atoms with Crippen molar-refractivity contribution in [1.82, 2.24) is 0 Å². The third kappa shape index (κ3) is 4.95. The number of carbonyl (C=O) groups is 2. The molecule has 3 aromatic carbocycles. The van der Waals surface area contributed by atoms with Gasteiger partial charge in [0.25, 0.3) is 5.91 Å². The maximum absolute atomic E-state index is 12.5. The van der Waals surface area contributed by atoms with E-state index >= 15 is 0 Å². The molecule has 3 aromatic rings. The van der Waals surface area contributed by atoms with Crippen LogP contribution in [0.4, 0.5) is 16.2 Å². The standard InChI is InChI=1S/C22H20N2O3/c1-2-27-22(26)24-20-10-6-9-18(15-20)21(25)23-19-13-11-17(12-14-19)16-7-4-3-5-8-16/h3-15H,2H2,1H3,(H,23,25)(H,24,26). The Kier molecular flexibility index (Phi) is 5.84. The Morgan fingerprint density at radius 1 is 0.778 bits per heavy atom. The first-order valence-electron chi connectivity index (χ1n) is 8.66. The number of benzene rings is 3. The summed E-state index contributed by atoms with van der Waals surface area (Å²) in [5.41, 5.74) is 3.84. The number of carbonyl (C=O) groups excluding carboxylic acids is 2. The highest BCUT2D eigenvalue weighted by atomic mass is 16.5. The van der Waals surface area contributed by atoms with Crippen molar-refractivity contribution in [2.75, 3.05) is 17.2 Å². The molecule has 0 spiro atoms. The largest absolute Gasteiger partial charge is 0.450 e. The van der Waals surface area contributed by atoms with Crippen molar-refractivity contribution in [3.63, 3.8) is 0 Å². The average molecular weight is 360 g/mol. The molecule has 2 amide bonds. The number of hydrogen-bond donors (Lipinski definition) is 2. The van der Waals surface area contributed by atoms with Gasteiger partial charge >= 0.3 is 6.09 Å². The molecule has 0 aliphatic carbocycles. The maximum Gasteiger partial charge on any atom is 0.411 e. The fourth-order valence-corrected chi connectivity index (χ4v) is 2.60. The summed E-state index contributed by atoms with van der Waals surface area (Å²) < 4.78 is 4.84. The smallest absolute Gasteiger partial charge is 0.411 e. The zero-order chi connectivity index (χ0) is 19.1. The van der Waals surface area contributed by atoms with Crippen LogP contribution in [0.3, 0.4) is 0 Å². The summed E-state index contributed by atoms with van der Waals surface area (Å²) in [6, 6.07) is 24.4. The average Bonchev–Trinajstić information content (AvgIpc) is 2.69. The van der Waals surface area contributed by atoms with Gasteiger partial charge in [-0.05, 0) is 48.4 Å². The van der Waals surface area contributed by atoms with Crippen LogP contribution in [-0.4, -0.2) is 18.6 Å². The van der Waals surface area contributed by atoms with E-state index in [0.717, 1.165) is 11.1 Å². The molecule has 0 aliphatic rings. The number of amides is 2. The molecule has 0 heterocycles. The Morgan fingerprint density at radius 3 is 2.19 bits per heavy atom. The van der Waals surface area contributed by atoms with Crippen LogP contribution in [0.5, 0.6) is 0 Å². The van der Waals surface area contributed by atoms with Gasteiger partial charge in [0.2, 0.25) is 0 Å². The molecule has 0 saturated carbocycles. The van der Waals surface area contributed by atoms with E-state index < -0.39 is 6.09 Å². The van der Waals surface area contributed by atoms with Gasteiger partial charge in [-0.2, -0.15) is 0 Å². The molecule has 0 saturated heterocycles. The van der Waals surface area contributed by atoms with Crippen LogP contribution < -0.4 is 10.6 Å². The second-order valence-electron chi connectivity index (χ2n) is 5.82. The van der Waals surface area contributed by atoms with Gasteiger partial charge in [-0.15, -0.1) is 0 Å². The van der Waals surface area contributed by atoms with Gasteiger partial charge in [0.1, 0.15) is 0 Å². The van der Waals surface area contributed by atoms with Crippen LogP contribution in [0.2, 0.25) is 0 Å². The number of rotatable bonds is 5. The summed E-state index contributed by atoms with van der Waals surface area (Å²) in [5, 5.41) is 5.45. The lowest BCUT2D eigenvalue weighted by molar-refractivity contribution is 0.102. The first-order valence-corrected chi connectivity index (χ1v) is 8.66. The van der Waals surface area contributed by atoms with Crippen molar-refractivity contribution in [1.29, 1.82) is 0 Å². The molecule has 3 rings (SSSR count). The van der Waals surface area contributed by atoms with Gasteiger partial charge in [0.05, 0.1) is 6.61 Å². The van der Waals surface area contributed by atoms with Crippen LogP contribution in [0.1, 0.15) is 17.3 Å². The number of hydrogen-bond acceptors (Lipinski definition) is 3. The molecule has 2 N–H and O–H groups in total. The van der Waals surface area contributed by atoms with E-state index in [4.69, 9.17) is 4.74 Å². The summed E-state index contributed by atoms with van der Waals surface area (Å²) in [6.07, 6.45) is -0.549. The second kappa shape index (κ2) is 8.67. The molecular weight excluding hydrogens is 340 g/mol. The summed E-state index contributed by atoms with van der Waals surface area (Å²) in [5.74, 6) is -0.255. The van der Waals surface area contributed by atoms with Crippen LogP contribution >= 0.6 is 0 Å². The van der Waals surface area contributed by atoms with E-state index in [1.807, 2.05) is 54.6 Å². The van der Waals surface area contributed by atoms with Crippen LogP contribution in [-0.2, 0) is 4.74 Å². The van der Waals surface area contributed by atoms with E-state index in [9.17, 15) is 9.59 Å². The van der Waals surface area contributed by atoms with Gasteiger partial charge in [-0.3, -0.25) is 10.1 Å². The van der Waals surface area contributed by atoms with Crippen LogP contribution in [0, 0.1) is 0 Å². The molecule has 5 nitrogen and oxygen atoms in total. The second-order valence-corrected chi connectivity index (χ2v) is 5.82. The van der Waals surface area contributed by atoms with Crippen molar-refractivity contribution < 1.29 is 14.3 Å². The lowest BCUT2D eigenvalue weighted by Gasteiger charge is -2.09. The molecule has 27 heavy (non-hydrogen) atoms. The Morgan fingerprint density at radius 2 is 1.48 bits per heavy atom. The third-order valence-corrected chi connectivity index (χ3v) is 3.90. The van der Waals surface area contributed by atoms with Crippen molar-refractivity contribution in [3.8, 4) is 11.1 Å². The van der Waals surface area contributed by atoms with Gasteiger partial charge in [0, 0.05) is 16.9 Å². The lowest BCUT2D eigenvalue weighted by atomic mass is 10.1. The highest BCUT2D eigenvalue weighted by Gasteiger charge is 2.09. The van der Waals surface area contributed by atoms with Crippen molar-refractivity contribution in [2.24, 2.45) is 0 Å². The van der Waals surface area contributed by atoms with E-state index in [2.05, 4.69) is 10.6 Å². The van der Waals surface area contributed by atoms with E-state index in [-0.39, 0.29) is 12.5 Å². The Hall–Kier alpha value is -3.60. The zero-order valence-electron chi connectivity index (χ0n) is 14.9. The predicted octanol–water partition coefficient (Wildman–Crippen LogP) is 5.17. The van der Waals surface area contributed by atoms with Gasteiger partial charge in [-0.1, -0.05) is 48.5 Å². The highest BCUT2D eigenvalue weighted by molar-refractivity contribution is 6.05. The Bertz CT molecular complexity index is 922. The van der Waals surface area contributed by atoms with Gasteiger partial charge in [0.15, 0.2) is 0 Å². The summed E-state index contributed by atoms with van der Waals surface area (Å²) in [7, 11) is 0. The fraction of sp³-hybridized carbons (Fsp3) is 0.0909.